The van der Waals surface area contributed by atoms with Crippen molar-refractivity contribution in [3.05, 3.63) is 77.6 Å². The third kappa shape index (κ3) is 4.24. The molecule has 0 radical (unpaired) electrons. The van der Waals surface area contributed by atoms with Gasteiger partial charge >= 0.3 is 0 Å². The van der Waals surface area contributed by atoms with Crippen LogP contribution in [0.1, 0.15) is 23.0 Å². The van der Waals surface area contributed by atoms with Crippen LogP contribution < -0.4 is 10.1 Å². The number of benzene rings is 2. The van der Waals surface area contributed by atoms with E-state index in [1.165, 1.54) is 28.6 Å². The summed E-state index contributed by atoms with van der Waals surface area (Å²) >= 11 is 0. The molecule has 0 fully saturated rings. The van der Waals surface area contributed by atoms with E-state index in [1.54, 1.807) is 0 Å². The summed E-state index contributed by atoms with van der Waals surface area (Å²) < 4.78 is 33.0. The maximum Gasteiger partial charge on any atom is 0.276 e. The van der Waals surface area contributed by atoms with E-state index in [9.17, 15) is 13.6 Å². The molecular weight excluding hydrogens is 340 g/mol. The molecule has 0 saturated heterocycles. The Bertz CT molecular complexity index is 907. The second-order valence-corrected chi connectivity index (χ2v) is 5.59. The lowest BCUT2D eigenvalue weighted by atomic mass is 10.1. The van der Waals surface area contributed by atoms with E-state index in [1.807, 2.05) is 24.3 Å². The van der Waals surface area contributed by atoms with Gasteiger partial charge in [0.15, 0.2) is 24.0 Å². The van der Waals surface area contributed by atoms with Crippen LogP contribution in [0, 0.1) is 11.6 Å². The normalized spacial score (nSPS) is 10.6. The molecule has 0 atom stereocenters. The molecule has 5 nitrogen and oxygen atoms in total. The smallest absolute Gasteiger partial charge is 0.276 e. The molecule has 1 aromatic heterocycles. The first-order valence-electron chi connectivity index (χ1n) is 8.06. The van der Waals surface area contributed by atoms with Gasteiger partial charge in [0.05, 0.1) is 0 Å². The van der Waals surface area contributed by atoms with E-state index < -0.39 is 11.6 Å². The third-order valence-electron chi connectivity index (χ3n) is 3.74. The maximum absolute atomic E-state index is 13.5. The van der Waals surface area contributed by atoms with Crippen LogP contribution >= 0.6 is 0 Å². The molecule has 2 aromatic carbocycles. The van der Waals surface area contributed by atoms with Crippen molar-refractivity contribution in [2.45, 2.75) is 20.1 Å². The van der Waals surface area contributed by atoms with Gasteiger partial charge in [-0.25, -0.2) is 13.5 Å². The summed E-state index contributed by atoms with van der Waals surface area (Å²) in [6.45, 7) is 1.95. The highest BCUT2D eigenvalue weighted by molar-refractivity contribution is 6.02. The number of hydrogen-bond acceptors (Lipinski definition) is 3. The van der Waals surface area contributed by atoms with Gasteiger partial charge in [0.1, 0.15) is 5.82 Å². The van der Waals surface area contributed by atoms with Gasteiger partial charge in [-0.2, -0.15) is 5.10 Å². The Balaban J connectivity index is 1.60. The number of anilines is 1. The van der Waals surface area contributed by atoms with Gasteiger partial charge in [-0.15, -0.1) is 0 Å². The van der Waals surface area contributed by atoms with Crippen molar-refractivity contribution in [2.24, 2.45) is 0 Å². The molecule has 0 aliphatic rings. The monoisotopic (exact) mass is 357 g/mol. The van der Waals surface area contributed by atoms with Crippen LogP contribution in [0.5, 0.6) is 5.75 Å². The summed E-state index contributed by atoms with van der Waals surface area (Å²) in [6.07, 6.45) is 2.46. The highest BCUT2D eigenvalue weighted by atomic mass is 19.1. The van der Waals surface area contributed by atoms with Crippen molar-refractivity contribution >= 4 is 11.6 Å². The van der Waals surface area contributed by atoms with Gasteiger partial charge in [0.2, 0.25) is 0 Å². The fraction of sp³-hybridized carbons (Fsp3) is 0.158. The van der Waals surface area contributed by atoms with E-state index in [0.717, 1.165) is 18.6 Å². The van der Waals surface area contributed by atoms with Crippen molar-refractivity contribution in [3.63, 3.8) is 0 Å². The quantitative estimate of drug-likeness (QED) is 0.725. The van der Waals surface area contributed by atoms with Crippen LogP contribution in [-0.2, 0) is 13.2 Å². The van der Waals surface area contributed by atoms with Gasteiger partial charge in [0, 0.05) is 18.0 Å². The van der Waals surface area contributed by atoms with Gasteiger partial charge in [-0.1, -0.05) is 19.1 Å². The van der Waals surface area contributed by atoms with Crippen LogP contribution in [0.3, 0.4) is 0 Å². The van der Waals surface area contributed by atoms with E-state index in [-0.39, 0.29) is 24.1 Å². The summed E-state index contributed by atoms with van der Waals surface area (Å²) in [5.41, 5.74) is 2.05. The molecule has 134 valence electrons. The Kier molecular flexibility index (Phi) is 5.26. The molecule has 1 heterocycles. The van der Waals surface area contributed by atoms with Gasteiger partial charge < -0.3 is 10.1 Å². The van der Waals surface area contributed by atoms with Crippen molar-refractivity contribution < 1.29 is 18.3 Å². The van der Waals surface area contributed by atoms with Crippen molar-refractivity contribution in [3.8, 4) is 5.75 Å². The van der Waals surface area contributed by atoms with Crippen LogP contribution in [0.25, 0.3) is 0 Å². The van der Waals surface area contributed by atoms with E-state index in [0.29, 0.717) is 5.69 Å². The number of nitrogens with one attached hydrogen (secondary N) is 1. The average molecular weight is 357 g/mol. The summed E-state index contributed by atoms with van der Waals surface area (Å²) in [4.78, 5) is 12.2. The average Bonchev–Trinajstić information content (AvgIpc) is 3.11. The SMILES string of the molecule is CCc1ccc(NC(=O)c2ccn(COc3ccc(F)cc3F)n2)cc1. The largest absolute Gasteiger partial charge is 0.468 e. The molecule has 7 heteroatoms. The highest BCUT2D eigenvalue weighted by Gasteiger charge is 2.11. The Hall–Kier alpha value is -3.22. The second kappa shape index (κ2) is 7.77. The number of hydrogen-bond donors (Lipinski definition) is 1. The molecule has 1 amide bonds. The zero-order chi connectivity index (χ0) is 18.5. The number of nitrogens with zero attached hydrogens (tertiary/aromatic N) is 2. The maximum atomic E-state index is 13.5. The van der Waals surface area contributed by atoms with Crippen LogP contribution in [0.4, 0.5) is 14.5 Å². The van der Waals surface area contributed by atoms with Gasteiger partial charge in [-0.3, -0.25) is 4.79 Å². The van der Waals surface area contributed by atoms with E-state index >= 15 is 0 Å². The predicted molar refractivity (Wildman–Crippen MR) is 93.0 cm³/mol. The molecule has 26 heavy (non-hydrogen) atoms. The number of aromatic nitrogens is 2. The fourth-order valence-electron chi connectivity index (χ4n) is 2.30. The fourth-order valence-corrected chi connectivity index (χ4v) is 2.30. The van der Waals surface area contributed by atoms with Crippen molar-refractivity contribution in [1.29, 1.82) is 0 Å². The summed E-state index contributed by atoms with van der Waals surface area (Å²) in [7, 11) is 0. The number of carbonyl (C=O) groups is 1. The van der Waals surface area contributed by atoms with Crippen LogP contribution in [-0.4, -0.2) is 15.7 Å². The zero-order valence-electron chi connectivity index (χ0n) is 14.1. The lowest BCUT2D eigenvalue weighted by Crippen LogP contribution is -2.14. The number of rotatable bonds is 6. The first kappa shape index (κ1) is 17.6. The lowest BCUT2D eigenvalue weighted by Gasteiger charge is -2.07. The predicted octanol–water partition coefficient (Wildman–Crippen LogP) is 4.01. The van der Waals surface area contributed by atoms with Crippen molar-refractivity contribution in [2.75, 3.05) is 5.32 Å². The Morgan fingerprint density at radius 1 is 1.15 bits per heavy atom. The summed E-state index contributed by atoms with van der Waals surface area (Å²) in [6, 6.07) is 12.1. The Labute approximate surface area is 149 Å². The van der Waals surface area contributed by atoms with Crippen LogP contribution in [0.2, 0.25) is 0 Å². The summed E-state index contributed by atoms with van der Waals surface area (Å²) in [5.74, 6) is -1.93. The number of aryl methyl sites for hydroxylation is 1. The molecular formula is C19H17F2N3O2. The number of amides is 1. The topological polar surface area (TPSA) is 56.2 Å². The summed E-state index contributed by atoms with van der Waals surface area (Å²) in [5, 5.41) is 6.84. The highest BCUT2D eigenvalue weighted by Crippen LogP contribution is 2.18. The molecule has 0 spiro atoms. The third-order valence-corrected chi connectivity index (χ3v) is 3.74. The first-order chi connectivity index (χ1) is 12.5. The molecule has 3 rings (SSSR count). The molecule has 0 aliphatic heterocycles. The van der Waals surface area contributed by atoms with Gasteiger partial charge in [0.25, 0.3) is 5.91 Å². The number of ether oxygens (including phenoxy) is 1. The van der Waals surface area contributed by atoms with E-state index in [2.05, 4.69) is 17.3 Å². The van der Waals surface area contributed by atoms with Gasteiger partial charge in [-0.05, 0) is 42.3 Å². The molecule has 0 bridgehead atoms. The zero-order valence-corrected chi connectivity index (χ0v) is 14.1. The first-order valence-corrected chi connectivity index (χ1v) is 8.06. The van der Waals surface area contributed by atoms with Crippen molar-refractivity contribution in [1.82, 2.24) is 9.78 Å². The Morgan fingerprint density at radius 2 is 1.92 bits per heavy atom. The molecule has 0 saturated carbocycles. The molecule has 1 N–H and O–H groups in total. The minimum Gasteiger partial charge on any atom is -0.468 e. The lowest BCUT2D eigenvalue weighted by molar-refractivity contribution is 0.102. The molecule has 3 aromatic rings. The minimum atomic E-state index is -0.800. The Morgan fingerprint density at radius 3 is 2.62 bits per heavy atom. The van der Waals surface area contributed by atoms with E-state index in [4.69, 9.17) is 4.74 Å². The molecule has 0 unspecified atom stereocenters. The standard InChI is InChI=1S/C19H17F2N3O2/c1-2-13-3-6-15(7-4-13)22-19(25)17-9-10-24(23-17)12-26-18-8-5-14(20)11-16(18)21/h3-11H,2,12H2,1H3,(H,22,25). The number of carbonyl (C=O) groups excluding carboxylic acids is 1. The number of halogens is 2. The minimum absolute atomic E-state index is 0.0936. The molecule has 0 aliphatic carbocycles. The van der Waals surface area contributed by atoms with Crippen LogP contribution in [0.15, 0.2) is 54.7 Å². The second-order valence-electron chi connectivity index (χ2n) is 5.59.